The molecule has 1 heterocycles. The Balaban J connectivity index is 3.59. The monoisotopic (exact) mass is 271 g/mol. The molecule has 0 radical (unpaired) electrons. The van der Waals surface area contributed by atoms with Crippen molar-refractivity contribution in [2.45, 2.75) is 13.3 Å². The molecule has 0 aliphatic heterocycles. The number of rotatable bonds is 4. The highest BCUT2D eigenvalue weighted by Crippen LogP contribution is 2.30. The molecule has 1 aromatic rings. The van der Waals surface area contributed by atoms with E-state index in [-0.39, 0.29) is 6.61 Å². The molecule has 0 bridgehead atoms. The molecule has 0 spiro atoms. The summed E-state index contributed by atoms with van der Waals surface area (Å²) in [7, 11) is 0. The largest absolute Gasteiger partial charge is 0.462 e. The minimum absolute atomic E-state index is 0.140. The summed E-state index contributed by atoms with van der Waals surface area (Å²) >= 11 is 0. The molecule has 9 heteroatoms. The number of nitrogens with zero attached hydrogens (tertiary/aromatic N) is 3. The smallest absolute Gasteiger partial charge is 0.380 e. The van der Waals surface area contributed by atoms with Crippen molar-refractivity contribution in [1.29, 1.82) is 5.26 Å². The van der Waals surface area contributed by atoms with Gasteiger partial charge in [-0.25, -0.2) is 13.6 Å². The fourth-order valence-corrected chi connectivity index (χ4v) is 1.32. The number of hydrogen-bond donors (Lipinski definition) is 0. The Labute approximate surface area is 105 Å². The third-order valence-corrected chi connectivity index (χ3v) is 2.03. The van der Waals surface area contributed by atoms with E-state index in [1.807, 2.05) is 0 Å². The second-order valence-corrected chi connectivity index (χ2v) is 3.19. The third-order valence-electron chi connectivity index (χ3n) is 2.03. The average Bonchev–Trinajstić information content (AvgIpc) is 2.37. The second-order valence-electron chi connectivity index (χ2n) is 3.19. The number of nitro groups is 1. The number of alkyl halides is 2. The molecule has 0 atom stereocenters. The fourth-order valence-electron chi connectivity index (χ4n) is 1.32. The van der Waals surface area contributed by atoms with E-state index in [1.165, 1.54) is 13.0 Å². The molecule has 0 N–H and O–H groups in total. The molecule has 1 rings (SSSR count). The molecule has 7 nitrogen and oxygen atoms in total. The van der Waals surface area contributed by atoms with Gasteiger partial charge >= 0.3 is 11.8 Å². The van der Waals surface area contributed by atoms with Gasteiger partial charge in [0.1, 0.15) is 6.07 Å². The fraction of sp³-hybridized carbons (Fsp3) is 0.300. The van der Waals surface area contributed by atoms with Crippen LogP contribution in [0, 0.1) is 21.4 Å². The molecule has 0 aromatic carbocycles. The van der Waals surface area contributed by atoms with Gasteiger partial charge in [0, 0.05) is 11.6 Å². The quantitative estimate of drug-likeness (QED) is 0.470. The van der Waals surface area contributed by atoms with Crippen molar-refractivity contribution < 1.29 is 23.2 Å². The number of ether oxygens (including phenoxy) is 1. The lowest BCUT2D eigenvalue weighted by atomic mass is 10.1. The van der Waals surface area contributed by atoms with Crippen LogP contribution in [0.5, 0.6) is 0 Å². The van der Waals surface area contributed by atoms with E-state index in [9.17, 15) is 23.7 Å². The zero-order valence-electron chi connectivity index (χ0n) is 9.59. The van der Waals surface area contributed by atoms with Crippen molar-refractivity contribution >= 4 is 11.8 Å². The van der Waals surface area contributed by atoms with E-state index in [0.29, 0.717) is 6.07 Å². The number of pyridine rings is 1. The number of nitriles is 1. The lowest BCUT2D eigenvalue weighted by Crippen LogP contribution is -2.14. The summed E-state index contributed by atoms with van der Waals surface area (Å²) in [6.07, 6.45) is -3.17. The Morgan fingerprint density at radius 1 is 1.68 bits per heavy atom. The third kappa shape index (κ3) is 2.98. The first-order valence-electron chi connectivity index (χ1n) is 4.97. The van der Waals surface area contributed by atoms with Gasteiger partial charge in [-0.15, -0.1) is 0 Å². The highest BCUT2D eigenvalue weighted by atomic mass is 19.3. The van der Waals surface area contributed by atoms with Gasteiger partial charge in [0.15, 0.2) is 5.56 Å². The van der Waals surface area contributed by atoms with Crippen molar-refractivity contribution in [2.24, 2.45) is 0 Å². The SMILES string of the molecule is CCOC(=O)c1c(C(F)F)cc(C#N)nc1[N+](=O)[O-]. The van der Waals surface area contributed by atoms with Crippen molar-refractivity contribution in [2.75, 3.05) is 6.61 Å². The van der Waals surface area contributed by atoms with Crippen molar-refractivity contribution in [3.05, 3.63) is 33.0 Å². The molecule has 19 heavy (non-hydrogen) atoms. The molecule has 0 saturated carbocycles. The van der Waals surface area contributed by atoms with E-state index < -0.39 is 40.0 Å². The van der Waals surface area contributed by atoms with Gasteiger partial charge in [-0.1, -0.05) is 0 Å². The Morgan fingerprint density at radius 3 is 2.74 bits per heavy atom. The van der Waals surface area contributed by atoms with E-state index in [0.717, 1.165) is 0 Å². The zero-order valence-corrected chi connectivity index (χ0v) is 9.59. The Bertz CT molecular complexity index is 569. The van der Waals surface area contributed by atoms with Gasteiger partial charge in [-0.2, -0.15) is 5.26 Å². The highest BCUT2D eigenvalue weighted by molar-refractivity contribution is 5.95. The molecular weight excluding hydrogens is 264 g/mol. The van der Waals surface area contributed by atoms with Crippen LogP contribution < -0.4 is 0 Å². The highest BCUT2D eigenvalue weighted by Gasteiger charge is 2.32. The Hall–Kier alpha value is -2.63. The maximum absolute atomic E-state index is 12.8. The predicted molar refractivity (Wildman–Crippen MR) is 56.5 cm³/mol. The standard InChI is InChI=1S/C10H7F2N3O4/c1-2-19-10(16)7-6(8(11)12)3-5(4-13)14-9(7)15(17)18/h3,8H,2H2,1H3. The molecule has 100 valence electrons. The summed E-state index contributed by atoms with van der Waals surface area (Å²) in [5.41, 5.74) is -2.45. The summed E-state index contributed by atoms with van der Waals surface area (Å²) < 4.78 is 30.1. The van der Waals surface area contributed by atoms with Gasteiger partial charge in [-0.3, -0.25) is 0 Å². The molecule has 0 unspecified atom stereocenters. The second kappa shape index (κ2) is 5.81. The number of hydrogen-bond acceptors (Lipinski definition) is 6. The lowest BCUT2D eigenvalue weighted by molar-refractivity contribution is -0.390. The first kappa shape index (κ1) is 14.4. The molecule has 1 aromatic heterocycles. The van der Waals surface area contributed by atoms with Crippen LogP contribution >= 0.6 is 0 Å². The van der Waals surface area contributed by atoms with E-state index in [2.05, 4.69) is 9.72 Å². The normalized spacial score (nSPS) is 10.1. The minimum Gasteiger partial charge on any atom is -0.462 e. The molecule has 0 aliphatic rings. The summed E-state index contributed by atoms with van der Waals surface area (Å²) in [6, 6.07) is 2.04. The van der Waals surface area contributed by atoms with E-state index in [1.54, 1.807) is 0 Å². The maximum Gasteiger partial charge on any atom is 0.380 e. The number of carbonyl (C=O) groups excluding carboxylic acids is 1. The number of aromatic nitrogens is 1. The molecular formula is C10H7F2N3O4. The van der Waals surface area contributed by atoms with Crippen molar-refractivity contribution in [1.82, 2.24) is 4.98 Å². The van der Waals surface area contributed by atoms with Gasteiger partial charge in [0.25, 0.3) is 12.1 Å². The van der Waals surface area contributed by atoms with Gasteiger partial charge in [-0.05, 0) is 16.8 Å². The first-order chi connectivity index (χ1) is 8.92. The van der Waals surface area contributed by atoms with E-state index in [4.69, 9.17) is 5.26 Å². The number of halogens is 2. The Kier molecular flexibility index (Phi) is 4.41. The minimum atomic E-state index is -3.17. The van der Waals surface area contributed by atoms with Gasteiger partial charge in [0.2, 0.25) is 0 Å². The van der Waals surface area contributed by atoms with Crippen LogP contribution in [-0.4, -0.2) is 22.5 Å². The van der Waals surface area contributed by atoms with Crippen LogP contribution in [0.4, 0.5) is 14.6 Å². The van der Waals surface area contributed by atoms with Crippen LogP contribution in [0.3, 0.4) is 0 Å². The van der Waals surface area contributed by atoms with Crippen LogP contribution in [-0.2, 0) is 4.74 Å². The van der Waals surface area contributed by atoms with E-state index >= 15 is 0 Å². The number of carbonyl (C=O) groups is 1. The zero-order chi connectivity index (χ0) is 14.6. The summed E-state index contributed by atoms with van der Waals surface area (Å²) in [5.74, 6) is -2.39. The summed E-state index contributed by atoms with van der Waals surface area (Å²) in [5, 5.41) is 19.3. The van der Waals surface area contributed by atoms with Crippen LogP contribution in [0.2, 0.25) is 0 Å². The summed E-state index contributed by atoms with van der Waals surface area (Å²) in [4.78, 5) is 24.4. The molecule has 0 aliphatic carbocycles. The predicted octanol–water partition coefficient (Wildman–Crippen LogP) is 1.98. The maximum atomic E-state index is 12.8. The van der Waals surface area contributed by atoms with Gasteiger partial charge < -0.3 is 14.9 Å². The van der Waals surface area contributed by atoms with Crippen LogP contribution in [0.25, 0.3) is 0 Å². The van der Waals surface area contributed by atoms with Crippen molar-refractivity contribution in [3.8, 4) is 6.07 Å². The van der Waals surface area contributed by atoms with Gasteiger partial charge in [0.05, 0.1) is 6.61 Å². The molecule has 0 saturated heterocycles. The lowest BCUT2D eigenvalue weighted by Gasteiger charge is -2.08. The molecule has 0 amide bonds. The van der Waals surface area contributed by atoms with Crippen molar-refractivity contribution in [3.63, 3.8) is 0 Å². The summed E-state index contributed by atoms with van der Waals surface area (Å²) in [6.45, 7) is 1.28. The average molecular weight is 271 g/mol. The topological polar surface area (TPSA) is 106 Å². The van der Waals surface area contributed by atoms with Crippen LogP contribution in [0.15, 0.2) is 6.07 Å². The Morgan fingerprint density at radius 2 is 2.32 bits per heavy atom. The first-order valence-corrected chi connectivity index (χ1v) is 4.97. The molecule has 0 fully saturated rings. The number of esters is 1. The van der Waals surface area contributed by atoms with Crippen LogP contribution in [0.1, 0.15) is 35.0 Å².